The van der Waals surface area contributed by atoms with Crippen LogP contribution in [0.1, 0.15) is 33.8 Å². The van der Waals surface area contributed by atoms with Crippen LogP contribution in [0.5, 0.6) is 5.75 Å². The third-order valence-electron chi connectivity index (χ3n) is 4.19. The van der Waals surface area contributed by atoms with Crippen molar-refractivity contribution in [1.82, 2.24) is 0 Å². The van der Waals surface area contributed by atoms with Crippen LogP contribution >= 0.6 is 0 Å². The molecular formula is C22H20O5. The number of para-hydroxylation sites is 1. The fraction of sp³-hybridized carbons (Fsp3) is 0.182. The smallest absolute Gasteiger partial charge is 0.338 e. The second kappa shape index (κ2) is 8.36. The largest absolute Gasteiger partial charge is 0.493 e. The second-order valence-electron chi connectivity index (χ2n) is 6.00. The highest BCUT2D eigenvalue weighted by Gasteiger charge is 2.18. The zero-order valence-electron chi connectivity index (χ0n) is 15.0. The fourth-order valence-corrected chi connectivity index (χ4v) is 2.74. The summed E-state index contributed by atoms with van der Waals surface area (Å²) in [5.74, 6) is 0.219. The maximum absolute atomic E-state index is 12.5. The van der Waals surface area contributed by atoms with Gasteiger partial charge in [-0.05, 0) is 30.7 Å². The maximum atomic E-state index is 12.5. The summed E-state index contributed by atoms with van der Waals surface area (Å²) >= 11 is 0. The third-order valence-corrected chi connectivity index (χ3v) is 4.19. The molecule has 0 spiro atoms. The molecule has 0 fully saturated rings. The Balaban J connectivity index is 1.63. The molecule has 0 N–H and O–H groups in total. The normalized spacial score (nSPS) is 11.7. The van der Waals surface area contributed by atoms with Gasteiger partial charge in [-0.15, -0.1) is 0 Å². The van der Waals surface area contributed by atoms with Gasteiger partial charge in [0.05, 0.1) is 12.7 Å². The van der Waals surface area contributed by atoms with Gasteiger partial charge >= 0.3 is 5.97 Å². The number of carbonyl (C=O) groups is 2. The summed E-state index contributed by atoms with van der Waals surface area (Å²) in [6, 6.07) is 15.9. The molecule has 0 aliphatic heterocycles. The number of carbonyl (C=O) groups excluding carboxylic acids is 2. The van der Waals surface area contributed by atoms with Crippen LogP contribution in [0.2, 0.25) is 0 Å². The Morgan fingerprint density at radius 1 is 1.15 bits per heavy atom. The van der Waals surface area contributed by atoms with Gasteiger partial charge in [0.25, 0.3) is 0 Å². The predicted molar refractivity (Wildman–Crippen MR) is 102 cm³/mol. The van der Waals surface area contributed by atoms with Crippen LogP contribution in [0.15, 0.2) is 71.7 Å². The Bertz CT molecular complexity index is 955. The number of benzene rings is 2. The Hall–Kier alpha value is -3.34. The van der Waals surface area contributed by atoms with E-state index >= 15 is 0 Å². The van der Waals surface area contributed by atoms with Crippen LogP contribution in [0.4, 0.5) is 0 Å². The number of rotatable bonds is 8. The van der Waals surface area contributed by atoms with Gasteiger partial charge < -0.3 is 13.9 Å². The molecule has 1 aromatic heterocycles. The maximum Gasteiger partial charge on any atom is 0.338 e. The summed E-state index contributed by atoms with van der Waals surface area (Å²) in [7, 11) is 1.55. The summed E-state index contributed by atoms with van der Waals surface area (Å²) < 4.78 is 16.3. The van der Waals surface area contributed by atoms with E-state index in [-0.39, 0.29) is 18.0 Å². The number of Topliss-reactive ketones (excluding diaryl/α,β-unsaturated/α-hetero) is 1. The van der Waals surface area contributed by atoms with E-state index in [1.54, 1.807) is 43.5 Å². The van der Waals surface area contributed by atoms with Crippen molar-refractivity contribution in [3.8, 4) is 5.75 Å². The first-order chi connectivity index (χ1) is 13.1. The van der Waals surface area contributed by atoms with Crippen LogP contribution in [0.3, 0.4) is 0 Å². The lowest BCUT2D eigenvalue weighted by Crippen LogP contribution is -2.17. The summed E-state index contributed by atoms with van der Waals surface area (Å²) in [6.07, 6.45) is 1.46. The van der Waals surface area contributed by atoms with Crippen molar-refractivity contribution in [2.75, 3.05) is 7.11 Å². The number of esters is 1. The lowest BCUT2D eigenvalue weighted by Gasteiger charge is -2.13. The number of hydrogen-bond donors (Lipinski definition) is 0. The second-order valence-corrected chi connectivity index (χ2v) is 6.00. The summed E-state index contributed by atoms with van der Waals surface area (Å²) in [4.78, 5) is 24.6. The first-order valence-corrected chi connectivity index (χ1v) is 8.60. The van der Waals surface area contributed by atoms with Crippen molar-refractivity contribution in [3.05, 3.63) is 78.6 Å². The van der Waals surface area contributed by atoms with Crippen LogP contribution in [-0.2, 0) is 4.74 Å². The monoisotopic (exact) mass is 364 g/mol. The van der Waals surface area contributed by atoms with Crippen molar-refractivity contribution in [1.29, 1.82) is 0 Å². The van der Waals surface area contributed by atoms with E-state index in [2.05, 4.69) is 6.58 Å². The average molecular weight is 364 g/mol. The average Bonchev–Trinajstić information content (AvgIpc) is 3.15. The summed E-state index contributed by atoms with van der Waals surface area (Å²) in [6.45, 7) is 3.69. The molecule has 1 heterocycles. The van der Waals surface area contributed by atoms with Gasteiger partial charge in [0.2, 0.25) is 0 Å². The highest BCUT2D eigenvalue weighted by Crippen LogP contribution is 2.29. The zero-order chi connectivity index (χ0) is 19.2. The molecule has 1 atom stereocenters. The molecule has 5 heteroatoms. The molecule has 27 heavy (non-hydrogen) atoms. The first-order valence-electron chi connectivity index (χ1n) is 8.60. The minimum atomic E-state index is -0.555. The van der Waals surface area contributed by atoms with Gasteiger partial charge in [-0.3, -0.25) is 4.79 Å². The Morgan fingerprint density at radius 2 is 1.93 bits per heavy atom. The molecule has 0 aliphatic carbocycles. The van der Waals surface area contributed by atoms with Crippen LogP contribution in [-0.4, -0.2) is 25.0 Å². The van der Waals surface area contributed by atoms with Crippen molar-refractivity contribution in [3.63, 3.8) is 0 Å². The number of methoxy groups -OCH3 is 1. The predicted octanol–water partition coefficient (Wildman–Crippen LogP) is 4.82. The number of ketones is 1. The highest BCUT2D eigenvalue weighted by atomic mass is 16.5. The third kappa shape index (κ3) is 4.26. The lowest BCUT2D eigenvalue weighted by molar-refractivity contribution is 0.0373. The van der Waals surface area contributed by atoms with Crippen molar-refractivity contribution < 1.29 is 23.5 Å². The van der Waals surface area contributed by atoms with Gasteiger partial charge in [-0.25, -0.2) is 4.79 Å². The minimum Gasteiger partial charge on any atom is -0.493 e. The SMILES string of the molecule is C=CC(CCC(=O)c1cc2cccc(OC)c2o1)OC(=O)c1ccccc1. The van der Waals surface area contributed by atoms with Crippen molar-refractivity contribution >= 4 is 22.7 Å². The fourth-order valence-electron chi connectivity index (χ4n) is 2.74. The quantitative estimate of drug-likeness (QED) is 0.326. The highest BCUT2D eigenvalue weighted by molar-refractivity contribution is 5.98. The summed E-state index contributed by atoms with van der Waals surface area (Å²) in [5.41, 5.74) is 0.999. The standard InChI is InChI=1S/C22H20O5/c1-3-17(26-22(24)15-8-5-4-6-9-15)12-13-18(23)20-14-16-10-7-11-19(25-2)21(16)27-20/h3-11,14,17H,1,12-13H2,2H3. The topological polar surface area (TPSA) is 65.7 Å². The van der Waals surface area contributed by atoms with Gasteiger partial charge in [0.15, 0.2) is 22.9 Å². The molecule has 0 saturated carbocycles. The van der Waals surface area contributed by atoms with E-state index in [1.165, 1.54) is 6.08 Å². The van der Waals surface area contributed by atoms with Crippen LogP contribution < -0.4 is 4.74 Å². The zero-order valence-corrected chi connectivity index (χ0v) is 15.0. The minimum absolute atomic E-state index is 0.168. The summed E-state index contributed by atoms with van der Waals surface area (Å²) in [5, 5.41) is 0.800. The Morgan fingerprint density at radius 3 is 2.63 bits per heavy atom. The van der Waals surface area contributed by atoms with E-state index in [4.69, 9.17) is 13.9 Å². The first kappa shape index (κ1) is 18.5. The van der Waals surface area contributed by atoms with Crippen LogP contribution in [0.25, 0.3) is 11.0 Å². The molecule has 0 amide bonds. The Kier molecular flexibility index (Phi) is 5.71. The lowest BCUT2D eigenvalue weighted by atomic mass is 10.1. The van der Waals surface area contributed by atoms with E-state index in [0.717, 1.165) is 5.39 Å². The van der Waals surface area contributed by atoms with Gasteiger partial charge in [0.1, 0.15) is 6.10 Å². The molecule has 3 rings (SSSR count). The van der Waals surface area contributed by atoms with Crippen LogP contribution in [0, 0.1) is 0 Å². The van der Waals surface area contributed by atoms with E-state index in [1.807, 2.05) is 18.2 Å². The molecule has 5 nitrogen and oxygen atoms in total. The molecule has 0 saturated heterocycles. The van der Waals surface area contributed by atoms with E-state index in [9.17, 15) is 9.59 Å². The molecule has 0 radical (unpaired) electrons. The molecule has 3 aromatic rings. The molecule has 0 bridgehead atoms. The number of hydrogen-bond acceptors (Lipinski definition) is 5. The Labute approximate surface area is 157 Å². The molecule has 2 aromatic carbocycles. The van der Waals surface area contributed by atoms with Gasteiger partial charge in [-0.1, -0.05) is 43.0 Å². The molecule has 1 unspecified atom stereocenters. The molecular weight excluding hydrogens is 344 g/mol. The van der Waals surface area contributed by atoms with Crippen molar-refractivity contribution in [2.24, 2.45) is 0 Å². The van der Waals surface area contributed by atoms with Gasteiger partial charge in [0, 0.05) is 11.8 Å². The number of furan rings is 1. The molecule has 0 aliphatic rings. The number of fused-ring (bicyclic) bond motifs is 1. The van der Waals surface area contributed by atoms with E-state index in [0.29, 0.717) is 23.3 Å². The molecule has 138 valence electrons. The van der Waals surface area contributed by atoms with Gasteiger partial charge in [-0.2, -0.15) is 0 Å². The number of ether oxygens (including phenoxy) is 2. The van der Waals surface area contributed by atoms with E-state index < -0.39 is 12.1 Å². The van der Waals surface area contributed by atoms with Crippen molar-refractivity contribution in [2.45, 2.75) is 18.9 Å².